The van der Waals surface area contributed by atoms with Crippen LogP contribution in [-0.2, 0) is 0 Å². The summed E-state index contributed by atoms with van der Waals surface area (Å²) >= 11 is 6.14. The van der Waals surface area contributed by atoms with Gasteiger partial charge in [0, 0.05) is 39.3 Å². The van der Waals surface area contributed by atoms with Crippen molar-refractivity contribution >= 4 is 39.1 Å². The third kappa shape index (κ3) is 3.49. The van der Waals surface area contributed by atoms with Gasteiger partial charge in [0.2, 0.25) is 0 Å². The highest BCUT2D eigenvalue weighted by molar-refractivity contribution is 6.32. The summed E-state index contributed by atoms with van der Waals surface area (Å²) < 4.78 is 40.9. The molecule has 0 aliphatic rings. The quantitative estimate of drug-likeness (QED) is 0.388. The van der Waals surface area contributed by atoms with Crippen LogP contribution in [0.25, 0.3) is 32.8 Å². The van der Waals surface area contributed by atoms with Gasteiger partial charge in [0.15, 0.2) is 0 Å². The summed E-state index contributed by atoms with van der Waals surface area (Å²) in [5.74, 6) is -0.710. The molecule has 0 unspecified atom stereocenters. The molecule has 10 heteroatoms. The lowest BCUT2D eigenvalue weighted by Crippen LogP contribution is -2.40. The highest BCUT2D eigenvalue weighted by Gasteiger charge is 2.42. The van der Waals surface area contributed by atoms with Crippen molar-refractivity contribution in [2.24, 2.45) is 5.92 Å². The van der Waals surface area contributed by atoms with E-state index in [-0.39, 0.29) is 16.7 Å². The molecule has 0 fully saturated rings. The van der Waals surface area contributed by atoms with Gasteiger partial charge in [-0.1, -0.05) is 25.4 Å². The van der Waals surface area contributed by atoms with Gasteiger partial charge in [0.1, 0.15) is 11.9 Å². The number of rotatable bonds is 4. The van der Waals surface area contributed by atoms with E-state index in [0.717, 1.165) is 0 Å². The standard InChI is InChI=1S/C20H17ClF3N5O/c1-9(2)17(20(22,23)24)29-18-12-4-3-11(21)5-13(12)15-16(28-18)14(8-25-19(15)30)10-6-26-27-7-10/h3-9,17H,1-2H3,(H,25,30)(H,26,27)(H,28,29)/t17-/m1/s1. The number of hydrogen-bond acceptors (Lipinski definition) is 4. The van der Waals surface area contributed by atoms with E-state index in [4.69, 9.17) is 11.6 Å². The summed E-state index contributed by atoms with van der Waals surface area (Å²) in [6, 6.07) is 2.85. The number of fused-ring (bicyclic) bond motifs is 3. The van der Waals surface area contributed by atoms with Crippen LogP contribution < -0.4 is 10.9 Å². The number of pyridine rings is 2. The van der Waals surface area contributed by atoms with Crippen LogP contribution in [0.3, 0.4) is 0 Å². The molecule has 3 aromatic heterocycles. The summed E-state index contributed by atoms with van der Waals surface area (Å²) in [6.45, 7) is 2.96. The Balaban J connectivity index is 2.07. The number of anilines is 1. The molecule has 3 heterocycles. The molecule has 0 saturated heterocycles. The number of H-pyrrole nitrogens is 2. The molecule has 156 valence electrons. The zero-order valence-electron chi connectivity index (χ0n) is 15.9. The average Bonchev–Trinajstić information content (AvgIpc) is 3.19. The maximum Gasteiger partial charge on any atom is 0.408 e. The number of halogens is 4. The smallest absolute Gasteiger partial charge is 0.358 e. The van der Waals surface area contributed by atoms with Gasteiger partial charge in [0.05, 0.1) is 17.1 Å². The molecule has 30 heavy (non-hydrogen) atoms. The third-order valence-corrected chi connectivity index (χ3v) is 5.15. The first-order valence-corrected chi connectivity index (χ1v) is 9.51. The van der Waals surface area contributed by atoms with Crippen LogP contribution in [0.15, 0.2) is 41.6 Å². The van der Waals surface area contributed by atoms with Gasteiger partial charge in [-0.25, -0.2) is 4.98 Å². The largest absolute Gasteiger partial charge is 0.408 e. The lowest BCUT2D eigenvalue weighted by molar-refractivity contribution is -0.150. The summed E-state index contributed by atoms with van der Waals surface area (Å²) in [5, 5.41) is 10.5. The average molecular weight is 436 g/mol. The zero-order chi connectivity index (χ0) is 21.6. The molecule has 1 aromatic carbocycles. The van der Waals surface area contributed by atoms with Crippen LogP contribution in [-0.4, -0.2) is 32.4 Å². The summed E-state index contributed by atoms with van der Waals surface area (Å²) in [4.78, 5) is 19.8. The minimum atomic E-state index is -4.48. The monoisotopic (exact) mass is 435 g/mol. The fraction of sp³-hybridized carbons (Fsp3) is 0.250. The second kappa shape index (κ2) is 7.32. The maximum atomic E-state index is 13.6. The van der Waals surface area contributed by atoms with Crippen molar-refractivity contribution in [2.75, 3.05) is 5.32 Å². The van der Waals surface area contributed by atoms with Gasteiger partial charge in [-0.05, 0) is 24.1 Å². The summed E-state index contributed by atoms with van der Waals surface area (Å²) in [7, 11) is 0. The first-order valence-electron chi connectivity index (χ1n) is 9.14. The van der Waals surface area contributed by atoms with Crippen molar-refractivity contribution < 1.29 is 13.2 Å². The van der Waals surface area contributed by atoms with Gasteiger partial charge in [0.25, 0.3) is 5.56 Å². The fourth-order valence-corrected chi connectivity index (χ4v) is 3.66. The lowest BCUT2D eigenvalue weighted by Gasteiger charge is -2.26. The van der Waals surface area contributed by atoms with Crippen molar-refractivity contribution in [1.82, 2.24) is 20.2 Å². The van der Waals surface area contributed by atoms with E-state index < -0.39 is 23.7 Å². The Morgan fingerprint density at radius 2 is 1.93 bits per heavy atom. The second-order valence-electron chi connectivity index (χ2n) is 7.30. The van der Waals surface area contributed by atoms with E-state index in [9.17, 15) is 18.0 Å². The molecule has 1 atom stereocenters. The van der Waals surface area contributed by atoms with Crippen LogP contribution in [0.2, 0.25) is 5.02 Å². The molecule has 0 amide bonds. The lowest BCUT2D eigenvalue weighted by atomic mass is 10.0. The highest BCUT2D eigenvalue weighted by Crippen LogP contribution is 2.36. The zero-order valence-corrected chi connectivity index (χ0v) is 16.7. The molecule has 0 spiro atoms. The molecule has 0 aliphatic carbocycles. The Kier molecular flexibility index (Phi) is 4.93. The van der Waals surface area contributed by atoms with E-state index in [1.165, 1.54) is 26.2 Å². The van der Waals surface area contributed by atoms with Crippen LogP contribution in [0.1, 0.15) is 13.8 Å². The minimum Gasteiger partial charge on any atom is -0.358 e. The van der Waals surface area contributed by atoms with Gasteiger partial charge in [-0.3, -0.25) is 9.89 Å². The van der Waals surface area contributed by atoms with Gasteiger partial charge < -0.3 is 10.3 Å². The van der Waals surface area contributed by atoms with E-state index in [2.05, 4.69) is 25.5 Å². The van der Waals surface area contributed by atoms with Crippen molar-refractivity contribution in [2.45, 2.75) is 26.1 Å². The number of alkyl halides is 3. The third-order valence-electron chi connectivity index (χ3n) is 4.92. The van der Waals surface area contributed by atoms with E-state index in [1.807, 2.05) is 0 Å². The summed E-state index contributed by atoms with van der Waals surface area (Å²) in [6.07, 6.45) is 0.130. The number of aromatic nitrogens is 4. The van der Waals surface area contributed by atoms with Crippen LogP contribution in [0.5, 0.6) is 0 Å². The van der Waals surface area contributed by atoms with Gasteiger partial charge in [-0.2, -0.15) is 18.3 Å². The minimum absolute atomic E-state index is 0.0283. The molecular weight excluding hydrogens is 419 g/mol. The van der Waals surface area contributed by atoms with Crippen molar-refractivity contribution in [3.63, 3.8) is 0 Å². The van der Waals surface area contributed by atoms with Crippen molar-refractivity contribution in [1.29, 1.82) is 0 Å². The molecular formula is C20H17ClF3N5O. The van der Waals surface area contributed by atoms with Crippen LogP contribution in [0, 0.1) is 5.92 Å². The van der Waals surface area contributed by atoms with Gasteiger partial charge in [-0.15, -0.1) is 0 Å². The topological polar surface area (TPSA) is 86.5 Å². The molecule has 0 saturated carbocycles. The first-order chi connectivity index (χ1) is 14.2. The van der Waals surface area contributed by atoms with Crippen molar-refractivity contribution in [3.8, 4) is 11.1 Å². The maximum absolute atomic E-state index is 13.6. The number of hydrogen-bond donors (Lipinski definition) is 3. The number of aromatic amines is 2. The second-order valence-corrected chi connectivity index (χ2v) is 7.74. The van der Waals surface area contributed by atoms with E-state index >= 15 is 0 Å². The highest BCUT2D eigenvalue weighted by atomic mass is 35.5. The normalized spacial score (nSPS) is 13.3. The summed E-state index contributed by atoms with van der Waals surface area (Å²) in [5.41, 5.74) is 0.991. The van der Waals surface area contributed by atoms with Crippen molar-refractivity contribution in [3.05, 3.63) is 52.2 Å². The van der Waals surface area contributed by atoms with E-state index in [1.54, 1.807) is 24.4 Å². The molecule has 6 nitrogen and oxygen atoms in total. The number of nitrogens with zero attached hydrogens (tertiary/aromatic N) is 2. The molecule has 0 aliphatic heterocycles. The Morgan fingerprint density at radius 3 is 2.57 bits per heavy atom. The van der Waals surface area contributed by atoms with Crippen LogP contribution >= 0.6 is 11.6 Å². The SMILES string of the molecule is CC(C)[C@@H](Nc1nc2c(-c3cn[nH]c3)c[nH]c(=O)c2c2cc(Cl)ccc12)C(F)(F)F. The fourth-order valence-electron chi connectivity index (χ4n) is 3.49. The predicted octanol–water partition coefficient (Wildman–Crippen LogP) is 5.12. The Morgan fingerprint density at radius 1 is 1.17 bits per heavy atom. The predicted molar refractivity (Wildman–Crippen MR) is 111 cm³/mol. The molecule has 3 N–H and O–H groups in total. The van der Waals surface area contributed by atoms with Crippen LogP contribution in [0.4, 0.5) is 19.0 Å². The Bertz CT molecular complexity index is 1280. The molecule has 0 bridgehead atoms. The Labute approximate surface area is 173 Å². The molecule has 0 radical (unpaired) electrons. The van der Waals surface area contributed by atoms with E-state index in [0.29, 0.717) is 26.9 Å². The first kappa shape index (κ1) is 20.2. The molecule has 4 aromatic rings. The Hall–Kier alpha value is -3.07. The number of nitrogens with one attached hydrogen (secondary N) is 3. The molecule has 4 rings (SSSR count). The number of benzene rings is 1. The van der Waals surface area contributed by atoms with Gasteiger partial charge >= 0.3 is 6.18 Å².